The third-order valence-corrected chi connectivity index (χ3v) is 7.55. The molecule has 1 atom stereocenters. The summed E-state index contributed by atoms with van der Waals surface area (Å²) in [5.74, 6) is 0.341. The van der Waals surface area contributed by atoms with E-state index in [1.807, 2.05) is 18.2 Å². The highest BCUT2D eigenvalue weighted by Crippen LogP contribution is 2.25. The summed E-state index contributed by atoms with van der Waals surface area (Å²) in [6.07, 6.45) is 3.07. The molecule has 1 unspecified atom stereocenters. The number of rotatable bonds is 8. The summed E-state index contributed by atoms with van der Waals surface area (Å²) in [6, 6.07) is 5.82. The summed E-state index contributed by atoms with van der Waals surface area (Å²) in [5.41, 5.74) is 3.04. The molecule has 2 rings (SSSR count). The molecule has 0 saturated carbocycles. The van der Waals surface area contributed by atoms with Crippen LogP contribution < -0.4 is 0 Å². The average Bonchev–Trinajstić information content (AvgIpc) is 2.85. The van der Waals surface area contributed by atoms with Crippen molar-refractivity contribution in [1.29, 1.82) is 0 Å². The van der Waals surface area contributed by atoms with Crippen LogP contribution in [0.15, 0.2) is 18.2 Å². The van der Waals surface area contributed by atoms with E-state index in [-0.39, 0.29) is 11.5 Å². The number of carbonyl (C=O) groups excluding carboxylic acids is 1. The van der Waals surface area contributed by atoms with Crippen molar-refractivity contribution < 1.29 is 17.6 Å². The third-order valence-electron chi connectivity index (χ3n) is 4.86. The van der Waals surface area contributed by atoms with Crippen molar-refractivity contribution in [2.45, 2.75) is 76.6 Å². The first-order chi connectivity index (χ1) is 11.6. The lowest BCUT2D eigenvalue weighted by molar-refractivity contribution is -0.118. The predicted octanol–water partition coefficient (Wildman–Crippen LogP) is 4.01. The zero-order valence-electron chi connectivity index (χ0n) is 15.5. The molecule has 0 spiro atoms. The highest BCUT2D eigenvalue weighted by Gasteiger charge is 2.28. The van der Waals surface area contributed by atoms with E-state index < -0.39 is 20.8 Å². The van der Waals surface area contributed by atoms with Gasteiger partial charge in [0, 0.05) is 25.7 Å². The zero-order valence-corrected chi connectivity index (χ0v) is 16.3. The van der Waals surface area contributed by atoms with Crippen molar-refractivity contribution >= 4 is 15.6 Å². The fourth-order valence-electron chi connectivity index (χ4n) is 3.14. The van der Waals surface area contributed by atoms with Gasteiger partial charge in [0.05, 0.1) is 10.5 Å². The Morgan fingerprint density at radius 2 is 1.80 bits per heavy atom. The molecule has 0 heterocycles. The zero-order chi connectivity index (χ0) is 18.7. The minimum atomic E-state index is -3.07. The molecule has 0 bridgehead atoms. The number of unbranched alkanes of at least 4 members (excludes halogenated alkanes) is 2. The van der Waals surface area contributed by atoms with Crippen LogP contribution in [0.2, 0.25) is 0 Å². The van der Waals surface area contributed by atoms with Gasteiger partial charge in [-0.05, 0) is 50.3 Å². The SMILES string of the molecule is CC(C)(C)S(=O)(=O)CCCCCC(=O)Cc1ccc2c(c1)CC(F)C2. The lowest BCUT2D eigenvalue weighted by Gasteiger charge is -2.18. The van der Waals surface area contributed by atoms with Crippen LogP contribution in [0, 0.1) is 0 Å². The molecule has 1 aliphatic carbocycles. The van der Waals surface area contributed by atoms with Crippen LogP contribution in [0.4, 0.5) is 4.39 Å². The Kier molecular flexibility index (Phi) is 6.41. The second kappa shape index (κ2) is 7.98. The van der Waals surface area contributed by atoms with E-state index in [0.29, 0.717) is 32.1 Å². The predicted molar refractivity (Wildman–Crippen MR) is 99.5 cm³/mol. The van der Waals surface area contributed by atoms with Crippen molar-refractivity contribution in [3.8, 4) is 0 Å². The van der Waals surface area contributed by atoms with Crippen LogP contribution in [-0.4, -0.2) is 30.9 Å². The molecule has 1 aliphatic rings. The normalized spacial score (nSPS) is 17.5. The molecule has 0 N–H and O–H groups in total. The molecule has 0 radical (unpaired) electrons. The molecule has 1 aromatic rings. The van der Waals surface area contributed by atoms with Gasteiger partial charge in [0.2, 0.25) is 0 Å². The van der Waals surface area contributed by atoms with Gasteiger partial charge in [0.25, 0.3) is 0 Å². The molecular formula is C20H29FO3S. The molecule has 5 heteroatoms. The molecule has 3 nitrogen and oxygen atoms in total. The second-order valence-electron chi connectivity index (χ2n) is 8.07. The fourth-order valence-corrected chi connectivity index (χ4v) is 4.34. The summed E-state index contributed by atoms with van der Waals surface area (Å²) in [7, 11) is -3.07. The highest BCUT2D eigenvalue weighted by atomic mass is 32.2. The first kappa shape index (κ1) is 20.1. The number of hydrogen-bond acceptors (Lipinski definition) is 3. The first-order valence-electron chi connectivity index (χ1n) is 9.07. The smallest absolute Gasteiger partial charge is 0.155 e. The fraction of sp³-hybridized carbons (Fsp3) is 0.650. The molecule has 0 fully saturated rings. The standard InChI is InChI=1S/C20H29FO3S/c1-20(2,3)25(23,24)10-6-4-5-7-19(22)12-15-8-9-16-13-18(21)14-17(16)11-15/h8-9,11,18H,4-7,10,12-14H2,1-3H3. The molecule has 0 saturated heterocycles. The van der Waals surface area contributed by atoms with Gasteiger partial charge in [-0.25, -0.2) is 12.8 Å². The lowest BCUT2D eigenvalue weighted by Crippen LogP contribution is -2.30. The summed E-state index contributed by atoms with van der Waals surface area (Å²) in [4.78, 5) is 12.1. The Morgan fingerprint density at radius 3 is 2.48 bits per heavy atom. The van der Waals surface area contributed by atoms with Crippen LogP contribution >= 0.6 is 0 Å². The van der Waals surface area contributed by atoms with Gasteiger partial charge in [-0.3, -0.25) is 4.79 Å². The molecule has 0 amide bonds. The summed E-state index contributed by atoms with van der Waals surface area (Å²) < 4.78 is 36.7. The molecular weight excluding hydrogens is 339 g/mol. The monoisotopic (exact) mass is 368 g/mol. The van der Waals surface area contributed by atoms with E-state index in [2.05, 4.69) is 0 Å². The summed E-state index contributed by atoms with van der Waals surface area (Å²) in [5, 5.41) is 0. The number of fused-ring (bicyclic) bond motifs is 1. The maximum absolute atomic E-state index is 13.4. The maximum Gasteiger partial charge on any atom is 0.155 e. The molecule has 1 aromatic carbocycles. The van der Waals surface area contributed by atoms with Gasteiger partial charge in [-0.15, -0.1) is 0 Å². The molecule has 25 heavy (non-hydrogen) atoms. The Labute approximate surface area is 150 Å². The molecule has 140 valence electrons. The Balaban J connectivity index is 1.71. The topological polar surface area (TPSA) is 51.2 Å². The van der Waals surface area contributed by atoms with Crippen molar-refractivity contribution in [3.63, 3.8) is 0 Å². The summed E-state index contributed by atoms with van der Waals surface area (Å²) >= 11 is 0. The van der Waals surface area contributed by atoms with Gasteiger partial charge in [-0.1, -0.05) is 24.6 Å². The van der Waals surface area contributed by atoms with Crippen LogP contribution in [0.5, 0.6) is 0 Å². The van der Waals surface area contributed by atoms with Crippen LogP contribution in [0.1, 0.15) is 63.1 Å². The minimum absolute atomic E-state index is 0.161. The number of hydrogen-bond donors (Lipinski definition) is 0. The third kappa shape index (κ3) is 5.63. The Hall–Kier alpha value is -1.23. The lowest BCUT2D eigenvalue weighted by atomic mass is 10.0. The largest absolute Gasteiger partial charge is 0.299 e. The number of benzene rings is 1. The number of alkyl halides is 1. The number of carbonyl (C=O) groups is 1. The van der Waals surface area contributed by atoms with E-state index in [0.717, 1.165) is 29.5 Å². The van der Waals surface area contributed by atoms with E-state index >= 15 is 0 Å². The van der Waals surface area contributed by atoms with Gasteiger partial charge >= 0.3 is 0 Å². The Morgan fingerprint density at radius 1 is 1.12 bits per heavy atom. The van der Waals surface area contributed by atoms with Gasteiger partial charge < -0.3 is 0 Å². The van der Waals surface area contributed by atoms with E-state index in [9.17, 15) is 17.6 Å². The van der Waals surface area contributed by atoms with Crippen molar-refractivity contribution in [3.05, 3.63) is 34.9 Å². The average molecular weight is 369 g/mol. The van der Waals surface area contributed by atoms with Crippen LogP contribution in [0.3, 0.4) is 0 Å². The van der Waals surface area contributed by atoms with Crippen LogP contribution in [0.25, 0.3) is 0 Å². The second-order valence-corrected chi connectivity index (χ2v) is 10.9. The first-order valence-corrected chi connectivity index (χ1v) is 10.7. The number of halogens is 1. The van der Waals surface area contributed by atoms with E-state index in [1.165, 1.54) is 0 Å². The van der Waals surface area contributed by atoms with Gasteiger partial charge in [-0.2, -0.15) is 0 Å². The van der Waals surface area contributed by atoms with Gasteiger partial charge in [0.1, 0.15) is 12.0 Å². The molecule has 0 aromatic heterocycles. The maximum atomic E-state index is 13.4. The van der Waals surface area contributed by atoms with Gasteiger partial charge in [0.15, 0.2) is 9.84 Å². The quantitative estimate of drug-likeness (QED) is 0.652. The minimum Gasteiger partial charge on any atom is -0.299 e. The van der Waals surface area contributed by atoms with Crippen LogP contribution in [-0.2, 0) is 33.9 Å². The molecule has 0 aliphatic heterocycles. The highest BCUT2D eigenvalue weighted by molar-refractivity contribution is 7.92. The van der Waals surface area contributed by atoms with Crippen molar-refractivity contribution in [2.24, 2.45) is 0 Å². The van der Waals surface area contributed by atoms with E-state index in [1.54, 1.807) is 20.8 Å². The Bertz CT molecular complexity index is 717. The number of Topliss-reactive ketones (excluding diaryl/α,β-unsaturated/α-hetero) is 1. The van der Waals surface area contributed by atoms with Crippen molar-refractivity contribution in [1.82, 2.24) is 0 Å². The number of sulfone groups is 1. The summed E-state index contributed by atoms with van der Waals surface area (Å²) in [6.45, 7) is 5.15. The van der Waals surface area contributed by atoms with E-state index in [4.69, 9.17) is 0 Å². The van der Waals surface area contributed by atoms with Crippen molar-refractivity contribution in [2.75, 3.05) is 5.75 Å². The number of ketones is 1.